The van der Waals surface area contributed by atoms with E-state index in [1.807, 2.05) is 0 Å². The molecule has 0 unspecified atom stereocenters. The molecule has 0 aliphatic rings. The first-order chi connectivity index (χ1) is 15.9. The number of aromatic amines is 1. The monoisotopic (exact) mass is 492 g/mol. The lowest BCUT2D eigenvalue weighted by atomic mass is 10.2. The Hall–Kier alpha value is -3.87. The zero-order valence-corrected chi connectivity index (χ0v) is 18.8. The van der Waals surface area contributed by atoms with Crippen LogP contribution in [-0.2, 0) is 29.6 Å². The van der Waals surface area contributed by atoms with Crippen molar-refractivity contribution in [2.45, 2.75) is 17.6 Å². The first-order valence-electron chi connectivity index (χ1n) is 9.85. The fraction of sp³-hybridized carbons (Fsp3) is 0.190. The summed E-state index contributed by atoms with van der Waals surface area (Å²) >= 11 is 0. The van der Waals surface area contributed by atoms with Gasteiger partial charge in [-0.15, -0.1) is 0 Å². The minimum absolute atomic E-state index is 0.0578. The van der Waals surface area contributed by atoms with Gasteiger partial charge in [0.25, 0.3) is 0 Å². The Morgan fingerprint density at radius 3 is 2.62 bits per heavy atom. The number of H-pyrrole nitrogens is 1. The van der Waals surface area contributed by atoms with Crippen LogP contribution in [0.5, 0.6) is 0 Å². The van der Waals surface area contributed by atoms with Crippen molar-refractivity contribution < 1.29 is 21.6 Å². The van der Waals surface area contributed by atoms with E-state index in [9.17, 15) is 26.4 Å². The highest BCUT2D eigenvalue weighted by molar-refractivity contribution is 7.90. The molecule has 0 aliphatic carbocycles. The summed E-state index contributed by atoms with van der Waals surface area (Å²) in [5, 5.41) is 5.47. The molecule has 9 nitrogen and oxygen atoms in total. The van der Waals surface area contributed by atoms with Crippen molar-refractivity contribution >= 4 is 38.3 Å². The maximum atomic E-state index is 13.5. The molecular weight excluding hydrogens is 473 g/mol. The molecule has 0 saturated heterocycles. The van der Waals surface area contributed by atoms with Crippen LogP contribution in [0.2, 0.25) is 0 Å². The third kappa shape index (κ3) is 4.88. The van der Waals surface area contributed by atoms with Gasteiger partial charge in [0, 0.05) is 31.7 Å². The summed E-state index contributed by atoms with van der Waals surface area (Å²) in [6.45, 7) is -0.0969. The fourth-order valence-corrected chi connectivity index (χ4v) is 3.98. The minimum atomic E-state index is -4.71. The van der Waals surface area contributed by atoms with Gasteiger partial charge in [0.15, 0.2) is 9.84 Å². The van der Waals surface area contributed by atoms with Gasteiger partial charge in [-0.25, -0.2) is 18.2 Å². The molecule has 2 heterocycles. The van der Waals surface area contributed by atoms with Crippen LogP contribution in [0, 0.1) is 0 Å². The quantitative estimate of drug-likeness (QED) is 0.377. The van der Waals surface area contributed by atoms with E-state index in [4.69, 9.17) is 0 Å². The van der Waals surface area contributed by atoms with Gasteiger partial charge in [0.05, 0.1) is 15.9 Å². The number of rotatable bonds is 6. The number of imidazole rings is 1. The average molecular weight is 492 g/mol. The van der Waals surface area contributed by atoms with Crippen LogP contribution in [0.3, 0.4) is 0 Å². The van der Waals surface area contributed by atoms with Crippen LogP contribution in [0.15, 0.2) is 58.4 Å². The molecule has 3 N–H and O–H groups in total. The van der Waals surface area contributed by atoms with Gasteiger partial charge in [-0.2, -0.15) is 18.2 Å². The van der Waals surface area contributed by atoms with Crippen LogP contribution in [-0.4, -0.2) is 34.2 Å². The molecule has 0 fully saturated rings. The average Bonchev–Trinajstić information content (AvgIpc) is 3.04. The van der Waals surface area contributed by atoms with Gasteiger partial charge in [-0.3, -0.25) is 4.57 Å². The lowest BCUT2D eigenvalue weighted by Gasteiger charge is -2.15. The second-order valence-electron chi connectivity index (χ2n) is 7.57. The summed E-state index contributed by atoms with van der Waals surface area (Å²) in [5.74, 6) is -0.565. The van der Waals surface area contributed by atoms with Gasteiger partial charge in [-0.1, -0.05) is 12.1 Å². The Labute approximate surface area is 191 Å². The number of fused-ring (bicyclic) bond motifs is 1. The molecular formula is C21H19F3N6O3S. The van der Waals surface area contributed by atoms with E-state index in [0.29, 0.717) is 28.5 Å². The Bertz CT molecular complexity index is 1540. The van der Waals surface area contributed by atoms with Gasteiger partial charge in [0.2, 0.25) is 5.95 Å². The molecule has 0 atom stereocenters. The highest BCUT2D eigenvalue weighted by atomic mass is 32.2. The molecule has 0 amide bonds. The summed E-state index contributed by atoms with van der Waals surface area (Å²) in [6.07, 6.45) is -3.00. The van der Waals surface area contributed by atoms with Crippen molar-refractivity contribution in [3.63, 3.8) is 0 Å². The Morgan fingerprint density at radius 1 is 1.15 bits per heavy atom. The molecule has 0 spiro atoms. The van der Waals surface area contributed by atoms with E-state index >= 15 is 0 Å². The standard InChI is InChI=1S/C21H19F3N6O3S/c1-30-17-9-13(6-7-16(17)28-20(30)31)27-19-26-11-15(21(22,23)24)18(29-19)25-10-12-4-3-5-14(8-12)34(2,32)33/h3-9,11H,10H2,1-2H3,(H,28,31)(H2,25,26,27,29). The maximum Gasteiger partial charge on any atom is 0.421 e. The normalized spacial score (nSPS) is 12.1. The third-order valence-electron chi connectivity index (χ3n) is 5.04. The number of halogens is 3. The number of sulfone groups is 1. The number of aromatic nitrogens is 4. The van der Waals surface area contributed by atoms with Gasteiger partial charge in [-0.05, 0) is 35.9 Å². The number of alkyl halides is 3. The Balaban J connectivity index is 1.63. The SMILES string of the molecule is Cn1c(=O)[nH]c2ccc(Nc3ncc(C(F)(F)F)c(NCc4cccc(S(C)(=O)=O)c4)n3)cc21. The molecule has 2 aromatic heterocycles. The number of nitrogens with one attached hydrogen (secondary N) is 3. The fourth-order valence-electron chi connectivity index (χ4n) is 3.29. The summed E-state index contributed by atoms with van der Waals surface area (Å²) < 4.78 is 65.4. The van der Waals surface area contributed by atoms with E-state index in [1.165, 1.54) is 22.8 Å². The number of aryl methyl sites for hydroxylation is 1. The summed E-state index contributed by atoms with van der Waals surface area (Å²) in [6, 6.07) is 10.8. The Morgan fingerprint density at radius 2 is 1.91 bits per heavy atom. The Kier molecular flexibility index (Phi) is 5.81. The highest BCUT2D eigenvalue weighted by Crippen LogP contribution is 2.34. The lowest BCUT2D eigenvalue weighted by molar-refractivity contribution is -0.137. The van der Waals surface area contributed by atoms with Crippen molar-refractivity contribution in [3.8, 4) is 0 Å². The zero-order chi connectivity index (χ0) is 24.7. The molecule has 2 aromatic carbocycles. The first kappa shape index (κ1) is 23.3. The van der Waals surface area contributed by atoms with Crippen LogP contribution >= 0.6 is 0 Å². The predicted molar refractivity (Wildman–Crippen MR) is 121 cm³/mol. The largest absolute Gasteiger partial charge is 0.421 e. The zero-order valence-electron chi connectivity index (χ0n) is 17.9. The van der Waals surface area contributed by atoms with Crippen molar-refractivity contribution in [2.75, 3.05) is 16.9 Å². The predicted octanol–water partition coefficient (Wildman–Crippen LogP) is 3.43. The molecule has 0 radical (unpaired) electrons. The molecule has 4 rings (SSSR count). The summed E-state index contributed by atoms with van der Waals surface area (Å²) in [5.41, 5.74) is 0.748. The molecule has 4 aromatic rings. The third-order valence-corrected chi connectivity index (χ3v) is 6.15. The molecule has 0 aliphatic heterocycles. The van der Waals surface area contributed by atoms with Gasteiger partial charge >= 0.3 is 11.9 Å². The van der Waals surface area contributed by atoms with E-state index in [1.54, 1.807) is 31.3 Å². The topological polar surface area (TPSA) is 122 Å². The number of benzene rings is 2. The van der Waals surface area contributed by atoms with Crippen molar-refractivity contribution in [1.82, 2.24) is 19.5 Å². The smallest absolute Gasteiger partial charge is 0.365 e. The second-order valence-corrected chi connectivity index (χ2v) is 9.59. The molecule has 0 bridgehead atoms. The molecule has 0 saturated carbocycles. The number of nitrogens with zero attached hydrogens (tertiary/aromatic N) is 3. The molecule has 34 heavy (non-hydrogen) atoms. The van der Waals surface area contributed by atoms with Crippen LogP contribution in [0.4, 0.5) is 30.6 Å². The maximum absolute atomic E-state index is 13.5. The van der Waals surface area contributed by atoms with Crippen molar-refractivity contribution in [2.24, 2.45) is 7.05 Å². The number of anilines is 3. The highest BCUT2D eigenvalue weighted by Gasteiger charge is 2.35. The first-order valence-corrected chi connectivity index (χ1v) is 11.7. The summed E-state index contributed by atoms with van der Waals surface area (Å²) in [7, 11) is -1.88. The second kappa shape index (κ2) is 8.48. The molecule has 13 heteroatoms. The van der Waals surface area contributed by atoms with E-state index in [0.717, 1.165) is 6.26 Å². The van der Waals surface area contributed by atoms with Gasteiger partial charge in [0.1, 0.15) is 11.4 Å². The van der Waals surface area contributed by atoms with Gasteiger partial charge < -0.3 is 15.6 Å². The van der Waals surface area contributed by atoms with E-state index in [2.05, 4.69) is 25.6 Å². The lowest BCUT2D eigenvalue weighted by Crippen LogP contribution is -2.14. The number of hydrogen-bond donors (Lipinski definition) is 3. The van der Waals surface area contributed by atoms with Crippen LogP contribution in [0.1, 0.15) is 11.1 Å². The van der Waals surface area contributed by atoms with Crippen molar-refractivity contribution in [1.29, 1.82) is 0 Å². The number of hydrogen-bond acceptors (Lipinski definition) is 7. The van der Waals surface area contributed by atoms with Crippen LogP contribution < -0.4 is 16.3 Å². The van der Waals surface area contributed by atoms with E-state index in [-0.39, 0.29) is 23.1 Å². The van der Waals surface area contributed by atoms with Crippen molar-refractivity contribution in [3.05, 3.63) is 70.3 Å². The van der Waals surface area contributed by atoms with Crippen LogP contribution in [0.25, 0.3) is 11.0 Å². The van der Waals surface area contributed by atoms with E-state index < -0.39 is 27.4 Å². The molecule has 178 valence electrons. The minimum Gasteiger partial charge on any atom is -0.365 e. The summed E-state index contributed by atoms with van der Waals surface area (Å²) in [4.78, 5) is 22.2.